The van der Waals surface area contributed by atoms with Crippen molar-refractivity contribution in [3.8, 4) is 22.3 Å². The van der Waals surface area contributed by atoms with E-state index >= 15 is 0 Å². The van der Waals surface area contributed by atoms with E-state index < -0.39 is 0 Å². The van der Waals surface area contributed by atoms with Gasteiger partial charge in [0.05, 0.1) is 0 Å². The fourth-order valence-corrected chi connectivity index (χ4v) is 7.80. The quantitative estimate of drug-likeness (QED) is 0.193. The zero-order valence-electron chi connectivity index (χ0n) is 22.3. The molecule has 1 aromatic heterocycles. The topological polar surface area (TPSA) is 0 Å². The predicted octanol–water partition coefficient (Wildman–Crippen LogP) is 12.0. The van der Waals surface area contributed by atoms with E-state index in [0.717, 1.165) is 0 Å². The van der Waals surface area contributed by atoms with Crippen LogP contribution in [0.3, 0.4) is 0 Å². The number of hydrogen-bond acceptors (Lipinski definition) is 1. The molecule has 0 unspecified atom stereocenters. The van der Waals surface area contributed by atoms with E-state index in [1.54, 1.807) is 0 Å². The van der Waals surface area contributed by atoms with E-state index in [0.29, 0.717) is 0 Å². The highest BCUT2D eigenvalue weighted by Crippen LogP contribution is 2.41. The van der Waals surface area contributed by atoms with Crippen LogP contribution in [-0.4, -0.2) is 0 Å². The summed E-state index contributed by atoms with van der Waals surface area (Å²) in [5, 5.41) is 13.0. The van der Waals surface area contributed by atoms with Gasteiger partial charge in [-0.2, -0.15) is 0 Å². The molecule has 0 aliphatic heterocycles. The maximum absolute atomic E-state index is 2.37. The maximum Gasteiger partial charge on any atom is 0.0433 e. The Hall–Kier alpha value is -4.98. The zero-order valence-corrected chi connectivity index (χ0v) is 23.1. The highest BCUT2D eigenvalue weighted by Gasteiger charge is 2.11. The maximum atomic E-state index is 2.37. The summed E-state index contributed by atoms with van der Waals surface area (Å²) in [7, 11) is 0. The summed E-state index contributed by atoms with van der Waals surface area (Å²) in [6, 6.07) is 53.8. The average Bonchev–Trinajstić information content (AvgIpc) is 3.43. The molecular weight excluding hydrogens is 513 g/mol. The SMILES string of the molecule is c1ccc2c(c1)ccc1c3cc(-c4ccc5cc(-c6cccc7c6sc6ccccc67)ccc5c4)ccc3ccc21. The molecule has 0 atom stereocenters. The molecule has 41 heavy (non-hydrogen) atoms. The molecule has 0 saturated heterocycles. The van der Waals surface area contributed by atoms with Crippen molar-refractivity contribution in [1.82, 2.24) is 0 Å². The molecule has 190 valence electrons. The molecule has 9 rings (SSSR count). The first-order chi connectivity index (χ1) is 20.3. The lowest BCUT2D eigenvalue weighted by atomic mass is 9.93. The van der Waals surface area contributed by atoms with E-state index in [1.165, 1.54) is 85.5 Å². The third kappa shape index (κ3) is 3.53. The van der Waals surface area contributed by atoms with E-state index in [-0.39, 0.29) is 0 Å². The van der Waals surface area contributed by atoms with Gasteiger partial charge in [-0.25, -0.2) is 0 Å². The molecule has 0 N–H and O–H groups in total. The second-order valence-electron chi connectivity index (χ2n) is 10.9. The third-order valence-corrected chi connectivity index (χ3v) is 9.85. The molecule has 0 spiro atoms. The highest BCUT2D eigenvalue weighted by atomic mass is 32.1. The molecular formula is C40H24S. The lowest BCUT2D eigenvalue weighted by Gasteiger charge is -2.11. The lowest BCUT2D eigenvalue weighted by molar-refractivity contribution is 1.67. The second kappa shape index (κ2) is 8.76. The van der Waals surface area contributed by atoms with Crippen molar-refractivity contribution >= 4 is 74.6 Å². The molecule has 0 saturated carbocycles. The Balaban J connectivity index is 1.16. The molecule has 0 aliphatic carbocycles. The Morgan fingerprint density at radius 1 is 0.317 bits per heavy atom. The van der Waals surface area contributed by atoms with Crippen LogP contribution in [0.5, 0.6) is 0 Å². The van der Waals surface area contributed by atoms with Gasteiger partial charge in [-0.1, -0.05) is 121 Å². The summed E-state index contributed by atoms with van der Waals surface area (Å²) in [6.45, 7) is 0. The number of rotatable bonds is 2. The molecule has 9 aromatic rings. The first-order valence-electron chi connectivity index (χ1n) is 14.1. The Labute approximate surface area is 241 Å². The normalized spacial score (nSPS) is 11.9. The van der Waals surface area contributed by atoms with Crippen LogP contribution in [0.25, 0.3) is 85.5 Å². The molecule has 0 radical (unpaired) electrons. The zero-order chi connectivity index (χ0) is 26.9. The van der Waals surface area contributed by atoms with E-state index in [1.807, 2.05) is 11.3 Å². The van der Waals surface area contributed by atoms with Crippen molar-refractivity contribution in [2.24, 2.45) is 0 Å². The second-order valence-corrected chi connectivity index (χ2v) is 12.0. The van der Waals surface area contributed by atoms with E-state index in [4.69, 9.17) is 0 Å². The Bertz CT molecular complexity index is 2480. The highest BCUT2D eigenvalue weighted by molar-refractivity contribution is 7.26. The van der Waals surface area contributed by atoms with Gasteiger partial charge >= 0.3 is 0 Å². The fraction of sp³-hybridized carbons (Fsp3) is 0. The molecule has 1 heteroatoms. The van der Waals surface area contributed by atoms with Gasteiger partial charge < -0.3 is 0 Å². The number of hydrogen-bond donors (Lipinski definition) is 0. The number of thiophene rings is 1. The summed E-state index contributed by atoms with van der Waals surface area (Å²) in [4.78, 5) is 0. The predicted molar refractivity (Wildman–Crippen MR) is 180 cm³/mol. The van der Waals surface area contributed by atoms with E-state index in [9.17, 15) is 0 Å². The van der Waals surface area contributed by atoms with Gasteiger partial charge in [0, 0.05) is 20.2 Å². The van der Waals surface area contributed by atoms with Gasteiger partial charge in [-0.15, -0.1) is 11.3 Å². The third-order valence-electron chi connectivity index (χ3n) is 8.63. The van der Waals surface area contributed by atoms with Crippen LogP contribution < -0.4 is 0 Å². The van der Waals surface area contributed by atoms with E-state index in [2.05, 4.69) is 146 Å². The van der Waals surface area contributed by atoms with Crippen molar-refractivity contribution in [2.45, 2.75) is 0 Å². The van der Waals surface area contributed by atoms with Crippen LogP contribution >= 0.6 is 11.3 Å². The minimum Gasteiger partial charge on any atom is -0.135 e. The molecule has 0 bridgehead atoms. The van der Waals surface area contributed by atoms with Crippen LogP contribution in [0.1, 0.15) is 0 Å². The largest absolute Gasteiger partial charge is 0.135 e. The van der Waals surface area contributed by atoms with Crippen molar-refractivity contribution in [3.05, 3.63) is 146 Å². The molecule has 0 fully saturated rings. The van der Waals surface area contributed by atoms with Crippen LogP contribution in [-0.2, 0) is 0 Å². The summed E-state index contributed by atoms with van der Waals surface area (Å²) in [6.07, 6.45) is 0. The van der Waals surface area contributed by atoms with Gasteiger partial charge in [0.15, 0.2) is 0 Å². The standard InChI is InChI=1S/C40H24S/c1-2-7-32-25(6-1)18-21-35-34(32)20-19-26-12-13-30(24-38(26)35)28-14-15-29-23-31(17-16-27(29)22-28)33-9-5-10-37-36-8-3-4-11-39(36)41-40(33)37/h1-24H. The summed E-state index contributed by atoms with van der Waals surface area (Å²) < 4.78 is 2.71. The number of fused-ring (bicyclic) bond motifs is 9. The summed E-state index contributed by atoms with van der Waals surface area (Å²) in [5.74, 6) is 0. The lowest BCUT2D eigenvalue weighted by Crippen LogP contribution is -1.84. The molecule has 0 nitrogen and oxygen atoms in total. The molecule has 8 aromatic carbocycles. The van der Waals surface area contributed by atoms with Gasteiger partial charge in [0.25, 0.3) is 0 Å². The van der Waals surface area contributed by atoms with Crippen molar-refractivity contribution in [1.29, 1.82) is 0 Å². The smallest absolute Gasteiger partial charge is 0.0433 e. The van der Waals surface area contributed by atoms with Crippen LogP contribution in [0.2, 0.25) is 0 Å². The van der Waals surface area contributed by atoms with Gasteiger partial charge in [0.1, 0.15) is 0 Å². The van der Waals surface area contributed by atoms with Gasteiger partial charge in [-0.3, -0.25) is 0 Å². The Morgan fingerprint density at radius 3 is 1.76 bits per heavy atom. The first-order valence-corrected chi connectivity index (χ1v) is 14.9. The first kappa shape index (κ1) is 22.8. The minimum absolute atomic E-state index is 1.25. The van der Waals surface area contributed by atoms with Crippen LogP contribution in [0, 0.1) is 0 Å². The van der Waals surface area contributed by atoms with Crippen molar-refractivity contribution in [3.63, 3.8) is 0 Å². The average molecular weight is 537 g/mol. The fourth-order valence-electron chi connectivity index (χ4n) is 6.56. The van der Waals surface area contributed by atoms with Gasteiger partial charge in [-0.05, 0) is 89.6 Å². The summed E-state index contributed by atoms with van der Waals surface area (Å²) >= 11 is 1.89. The molecule has 0 amide bonds. The van der Waals surface area contributed by atoms with Crippen LogP contribution in [0.15, 0.2) is 146 Å². The van der Waals surface area contributed by atoms with Crippen molar-refractivity contribution in [2.75, 3.05) is 0 Å². The Kier molecular flexibility index (Phi) is 4.87. The Morgan fingerprint density at radius 2 is 0.902 bits per heavy atom. The molecule has 0 aliphatic rings. The van der Waals surface area contributed by atoms with Gasteiger partial charge in [0.2, 0.25) is 0 Å². The minimum atomic E-state index is 1.25. The monoisotopic (exact) mass is 536 g/mol. The molecule has 1 heterocycles. The van der Waals surface area contributed by atoms with Crippen LogP contribution in [0.4, 0.5) is 0 Å². The summed E-state index contributed by atoms with van der Waals surface area (Å²) in [5.41, 5.74) is 5.08. The van der Waals surface area contributed by atoms with Crippen molar-refractivity contribution < 1.29 is 0 Å². The number of benzene rings is 8.